The standard InChI is InChI=1S/C24H30N6O4/c1-13-12-30(5)28-15(13)22(24(2)9-6-7-10-24)27-17-16(20(32)21(17)33)26-14-8-11-25-18(19(14)31)23(34)29(3)4/h8,11-12,22,27,31H,6-7,9-10H2,1-5H3,(H,25,26)/i6D,7D. The number of anilines is 3. The van der Waals surface area contributed by atoms with Crippen LogP contribution in [0.5, 0.6) is 5.75 Å². The van der Waals surface area contributed by atoms with Crippen LogP contribution in [0.2, 0.25) is 0 Å². The molecule has 1 saturated carbocycles. The summed E-state index contributed by atoms with van der Waals surface area (Å²) in [7, 11) is 4.83. The van der Waals surface area contributed by atoms with Crippen molar-refractivity contribution < 1.29 is 12.6 Å². The zero-order valence-corrected chi connectivity index (χ0v) is 19.8. The lowest BCUT2D eigenvalue weighted by molar-refractivity contribution is 0.0819. The summed E-state index contributed by atoms with van der Waals surface area (Å²) in [5, 5.41) is 21.2. The van der Waals surface area contributed by atoms with Gasteiger partial charge in [0, 0.05) is 36.3 Å². The van der Waals surface area contributed by atoms with Gasteiger partial charge in [-0.05, 0) is 36.8 Å². The second-order valence-corrected chi connectivity index (χ2v) is 9.27. The molecule has 2 heterocycles. The molecule has 3 unspecified atom stereocenters. The number of pyridine rings is 1. The third-order valence-corrected chi connectivity index (χ3v) is 6.35. The lowest BCUT2D eigenvalue weighted by Crippen LogP contribution is -2.40. The summed E-state index contributed by atoms with van der Waals surface area (Å²) in [5.74, 6) is -0.960. The van der Waals surface area contributed by atoms with Gasteiger partial charge in [-0.2, -0.15) is 5.10 Å². The average Bonchev–Trinajstić information content (AvgIpc) is 3.29. The first kappa shape index (κ1) is 20.9. The van der Waals surface area contributed by atoms with E-state index in [4.69, 9.17) is 2.74 Å². The number of aryl methyl sites for hydroxylation is 2. The van der Waals surface area contributed by atoms with Crippen molar-refractivity contribution >= 4 is 23.0 Å². The Morgan fingerprint density at radius 1 is 1.26 bits per heavy atom. The summed E-state index contributed by atoms with van der Waals surface area (Å²) in [4.78, 5) is 42.7. The van der Waals surface area contributed by atoms with Crippen LogP contribution in [0.3, 0.4) is 0 Å². The molecule has 1 aliphatic rings. The highest BCUT2D eigenvalue weighted by atomic mass is 16.3. The molecule has 3 aromatic rings. The summed E-state index contributed by atoms with van der Waals surface area (Å²) >= 11 is 0. The quantitative estimate of drug-likeness (QED) is 0.451. The van der Waals surface area contributed by atoms with E-state index in [1.807, 2.05) is 20.0 Å². The molecule has 10 heteroatoms. The van der Waals surface area contributed by atoms with Gasteiger partial charge in [-0.15, -0.1) is 0 Å². The van der Waals surface area contributed by atoms with Crippen molar-refractivity contribution in [1.29, 1.82) is 0 Å². The Hall–Kier alpha value is -3.69. The highest BCUT2D eigenvalue weighted by Crippen LogP contribution is 2.49. The maximum atomic E-state index is 12.7. The maximum absolute atomic E-state index is 12.7. The van der Waals surface area contributed by atoms with E-state index in [0.717, 1.165) is 5.56 Å². The highest BCUT2D eigenvalue weighted by molar-refractivity contribution is 5.97. The number of nitrogens with one attached hydrogen (secondary N) is 2. The Balaban J connectivity index is 1.72. The van der Waals surface area contributed by atoms with Gasteiger partial charge in [-0.3, -0.25) is 19.1 Å². The Kier molecular flexibility index (Phi) is 5.27. The van der Waals surface area contributed by atoms with Crippen LogP contribution in [0.1, 0.15) is 63.1 Å². The largest absolute Gasteiger partial charge is 0.504 e. The van der Waals surface area contributed by atoms with Gasteiger partial charge < -0.3 is 20.6 Å². The molecule has 3 atom stereocenters. The topological polar surface area (TPSA) is 129 Å². The molecule has 1 amide bonds. The van der Waals surface area contributed by atoms with E-state index in [9.17, 15) is 19.5 Å². The first-order valence-corrected chi connectivity index (χ1v) is 10.9. The van der Waals surface area contributed by atoms with Crippen LogP contribution in [0, 0.1) is 12.3 Å². The van der Waals surface area contributed by atoms with Crippen molar-refractivity contribution in [1.82, 2.24) is 19.7 Å². The van der Waals surface area contributed by atoms with Crippen molar-refractivity contribution in [3.8, 4) is 5.75 Å². The van der Waals surface area contributed by atoms with Crippen molar-refractivity contribution in [3.63, 3.8) is 0 Å². The number of nitrogens with zero attached hydrogens (tertiary/aromatic N) is 4. The molecule has 0 saturated heterocycles. The van der Waals surface area contributed by atoms with Crippen LogP contribution >= 0.6 is 0 Å². The summed E-state index contributed by atoms with van der Waals surface area (Å²) in [5.41, 5.74) is -0.664. The number of amides is 1. The minimum Gasteiger partial charge on any atom is -0.504 e. The molecule has 0 radical (unpaired) electrons. The number of hydrogen-bond acceptors (Lipinski definition) is 8. The summed E-state index contributed by atoms with van der Waals surface area (Å²) in [6.45, 7) is 3.85. The lowest BCUT2D eigenvalue weighted by Gasteiger charge is -2.35. The van der Waals surface area contributed by atoms with Gasteiger partial charge in [0.1, 0.15) is 11.4 Å². The molecule has 0 spiro atoms. The normalized spacial score (nSPS) is 23.9. The number of aromatic nitrogens is 3. The summed E-state index contributed by atoms with van der Waals surface area (Å²) < 4.78 is 18.2. The third-order valence-electron chi connectivity index (χ3n) is 6.35. The molecule has 0 aliphatic heterocycles. The Morgan fingerprint density at radius 2 is 1.91 bits per heavy atom. The fourth-order valence-corrected chi connectivity index (χ4v) is 4.36. The SMILES string of the molecule is [2H]C1CC(C)(C(Nc2c(Nc3ccnc(C(=O)N(C)C)c3O)c(=O)c2=O)c2nn(C)cc2C)CC1[2H]. The summed E-state index contributed by atoms with van der Waals surface area (Å²) in [6.07, 6.45) is 2.87. The molecule has 2 aromatic heterocycles. The first-order chi connectivity index (χ1) is 16.8. The van der Waals surface area contributed by atoms with Crippen LogP contribution in [0.15, 0.2) is 28.0 Å². The predicted octanol–water partition coefficient (Wildman–Crippen LogP) is 2.60. The van der Waals surface area contributed by atoms with Crippen LogP contribution in [0.4, 0.5) is 17.1 Å². The lowest BCUT2D eigenvalue weighted by atomic mass is 9.78. The molecule has 1 aromatic carbocycles. The molecule has 3 N–H and O–H groups in total. The number of carbonyl (C=O) groups excluding carboxylic acids is 1. The fourth-order valence-electron chi connectivity index (χ4n) is 4.36. The average molecular weight is 469 g/mol. The van der Waals surface area contributed by atoms with E-state index in [2.05, 4.69) is 20.7 Å². The van der Waals surface area contributed by atoms with E-state index in [1.165, 1.54) is 31.3 Å². The van der Waals surface area contributed by atoms with Crippen LogP contribution in [-0.4, -0.2) is 44.8 Å². The molecule has 1 fully saturated rings. The van der Waals surface area contributed by atoms with Gasteiger partial charge in [0.05, 0.1) is 17.4 Å². The number of aromatic hydroxyl groups is 1. The minimum atomic E-state index is -0.765. The maximum Gasteiger partial charge on any atom is 0.275 e. The van der Waals surface area contributed by atoms with Crippen LogP contribution in [0.25, 0.3) is 0 Å². The second kappa shape index (κ2) is 8.58. The monoisotopic (exact) mass is 468 g/mol. The third kappa shape index (κ3) is 3.93. The minimum absolute atomic E-state index is 0.0305. The van der Waals surface area contributed by atoms with Crippen LogP contribution in [-0.2, 0) is 7.05 Å². The van der Waals surface area contributed by atoms with Gasteiger partial charge in [0.15, 0.2) is 11.4 Å². The van der Waals surface area contributed by atoms with Gasteiger partial charge in [0.2, 0.25) is 0 Å². The van der Waals surface area contributed by atoms with Gasteiger partial charge in [-0.25, -0.2) is 4.98 Å². The molecular weight excluding hydrogens is 436 g/mol. The van der Waals surface area contributed by atoms with E-state index in [0.29, 0.717) is 18.5 Å². The van der Waals surface area contributed by atoms with Gasteiger partial charge in [-0.1, -0.05) is 19.7 Å². The number of rotatable bonds is 7. The Bertz CT molecular complexity index is 1380. The Labute approximate surface area is 200 Å². The molecule has 4 rings (SSSR count). The van der Waals surface area contributed by atoms with Crippen molar-refractivity contribution in [2.45, 2.75) is 45.5 Å². The summed E-state index contributed by atoms with van der Waals surface area (Å²) in [6, 6.07) is 0.860. The molecular formula is C24H30N6O4. The van der Waals surface area contributed by atoms with Crippen molar-refractivity contribution in [3.05, 3.63) is 55.9 Å². The van der Waals surface area contributed by atoms with Gasteiger partial charge in [0.25, 0.3) is 16.8 Å². The van der Waals surface area contributed by atoms with E-state index in [1.54, 1.807) is 11.7 Å². The molecule has 34 heavy (non-hydrogen) atoms. The van der Waals surface area contributed by atoms with E-state index >= 15 is 0 Å². The van der Waals surface area contributed by atoms with Gasteiger partial charge >= 0.3 is 0 Å². The van der Waals surface area contributed by atoms with Crippen molar-refractivity contribution in [2.24, 2.45) is 12.5 Å². The van der Waals surface area contributed by atoms with Crippen LogP contribution < -0.4 is 21.5 Å². The zero-order valence-electron chi connectivity index (χ0n) is 21.8. The predicted molar refractivity (Wildman–Crippen MR) is 129 cm³/mol. The number of hydrogen-bond donors (Lipinski definition) is 3. The molecule has 180 valence electrons. The zero-order chi connectivity index (χ0) is 26.5. The van der Waals surface area contributed by atoms with Crippen molar-refractivity contribution in [2.75, 3.05) is 24.7 Å². The van der Waals surface area contributed by atoms with E-state index in [-0.39, 0.29) is 22.8 Å². The highest BCUT2D eigenvalue weighted by Gasteiger charge is 2.41. The molecule has 10 nitrogen and oxygen atoms in total. The fraction of sp³-hybridized carbons (Fsp3) is 0.458. The molecule has 0 bridgehead atoms. The molecule has 1 aliphatic carbocycles. The smallest absolute Gasteiger partial charge is 0.275 e. The number of carbonyl (C=O) groups is 1. The van der Waals surface area contributed by atoms with E-state index < -0.39 is 46.8 Å². The Morgan fingerprint density at radius 3 is 2.50 bits per heavy atom. The first-order valence-electron chi connectivity index (χ1n) is 12.1. The second-order valence-electron chi connectivity index (χ2n) is 9.27.